The third-order valence-electron chi connectivity index (χ3n) is 4.24. The van der Waals surface area contributed by atoms with E-state index in [9.17, 15) is 4.79 Å². The molecule has 0 aliphatic carbocycles. The molecule has 0 atom stereocenters. The van der Waals surface area contributed by atoms with Crippen molar-refractivity contribution in [3.05, 3.63) is 48.3 Å². The van der Waals surface area contributed by atoms with E-state index >= 15 is 0 Å². The van der Waals surface area contributed by atoms with E-state index in [2.05, 4.69) is 28.9 Å². The number of carbonyl (C=O) groups excluding carboxylic acids is 1. The lowest BCUT2D eigenvalue weighted by Crippen LogP contribution is -2.30. The molecule has 1 aromatic carbocycles. The molecule has 0 fully saturated rings. The first-order chi connectivity index (χ1) is 12.6. The number of anilines is 1. The van der Waals surface area contributed by atoms with Gasteiger partial charge in [0.15, 0.2) is 10.8 Å². The molecule has 3 aromatic heterocycles. The zero-order chi connectivity index (χ0) is 18.3. The van der Waals surface area contributed by atoms with Crippen molar-refractivity contribution in [1.82, 2.24) is 19.7 Å². The maximum Gasteiger partial charge on any atom is 0.261 e. The van der Waals surface area contributed by atoms with Crippen LogP contribution in [0, 0.1) is 0 Å². The first-order valence-corrected chi connectivity index (χ1v) is 9.41. The van der Waals surface area contributed by atoms with Gasteiger partial charge in [-0.1, -0.05) is 23.5 Å². The van der Waals surface area contributed by atoms with Crippen LogP contribution in [0.1, 0.15) is 37.2 Å². The van der Waals surface area contributed by atoms with Gasteiger partial charge in [-0.3, -0.25) is 9.69 Å². The zero-order valence-corrected chi connectivity index (χ0v) is 15.7. The number of fused-ring (bicyclic) bond motifs is 2. The second-order valence-electron chi connectivity index (χ2n) is 6.33. The Bertz CT molecular complexity index is 1060. The number of thiazole rings is 1. The van der Waals surface area contributed by atoms with Crippen molar-refractivity contribution in [2.75, 3.05) is 11.4 Å². The number of para-hydroxylation sites is 1. The Morgan fingerprint density at radius 1 is 1.27 bits per heavy atom. The van der Waals surface area contributed by atoms with E-state index in [-0.39, 0.29) is 11.9 Å². The largest absolute Gasteiger partial charge is 0.284 e. The smallest absolute Gasteiger partial charge is 0.261 e. The van der Waals surface area contributed by atoms with Gasteiger partial charge in [0.05, 0.1) is 22.0 Å². The van der Waals surface area contributed by atoms with Gasteiger partial charge in [0.1, 0.15) is 0 Å². The molecule has 0 N–H and O–H groups in total. The van der Waals surface area contributed by atoms with Gasteiger partial charge in [0.25, 0.3) is 5.91 Å². The average Bonchev–Trinajstić information content (AvgIpc) is 3.25. The van der Waals surface area contributed by atoms with Crippen LogP contribution >= 0.6 is 11.3 Å². The highest BCUT2D eigenvalue weighted by Crippen LogP contribution is 2.29. The number of amides is 1. The fourth-order valence-electron chi connectivity index (χ4n) is 2.93. The minimum Gasteiger partial charge on any atom is -0.284 e. The normalized spacial score (nSPS) is 11.5. The molecule has 0 saturated heterocycles. The van der Waals surface area contributed by atoms with Crippen LogP contribution in [0.25, 0.3) is 21.3 Å². The first-order valence-electron chi connectivity index (χ1n) is 8.59. The van der Waals surface area contributed by atoms with Crippen LogP contribution in [0.15, 0.2) is 42.7 Å². The van der Waals surface area contributed by atoms with Crippen LogP contribution < -0.4 is 4.90 Å². The van der Waals surface area contributed by atoms with Crippen LogP contribution in [0.4, 0.5) is 5.13 Å². The molecule has 0 radical (unpaired) electrons. The van der Waals surface area contributed by atoms with E-state index in [4.69, 9.17) is 0 Å². The van der Waals surface area contributed by atoms with E-state index in [0.29, 0.717) is 17.2 Å². The molecule has 3 heterocycles. The van der Waals surface area contributed by atoms with Crippen molar-refractivity contribution in [2.24, 2.45) is 0 Å². The standard InChI is InChI=1S/C19H19N5OS/c1-4-23(19-22-15-7-5-6-8-16(15)26-19)18(25)14-9-13-11-21-24(12(2)3)17(13)20-10-14/h5-12H,4H2,1-3H3. The lowest BCUT2D eigenvalue weighted by atomic mass is 10.2. The topological polar surface area (TPSA) is 63.9 Å². The highest BCUT2D eigenvalue weighted by molar-refractivity contribution is 7.22. The van der Waals surface area contributed by atoms with Crippen LogP contribution in [0.3, 0.4) is 0 Å². The average molecular weight is 365 g/mol. The zero-order valence-electron chi connectivity index (χ0n) is 14.9. The predicted octanol–water partition coefficient (Wildman–Crippen LogP) is 4.29. The number of hydrogen-bond acceptors (Lipinski definition) is 5. The summed E-state index contributed by atoms with van der Waals surface area (Å²) < 4.78 is 2.93. The molecule has 4 aromatic rings. The Balaban J connectivity index is 1.71. The number of pyridine rings is 1. The van der Waals surface area contributed by atoms with Crippen molar-refractivity contribution in [3.63, 3.8) is 0 Å². The summed E-state index contributed by atoms with van der Waals surface area (Å²) in [5, 5.41) is 5.94. The Morgan fingerprint density at radius 3 is 2.81 bits per heavy atom. The molecule has 4 rings (SSSR count). The number of benzene rings is 1. The van der Waals surface area contributed by atoms with Crippen molar-refractivity contribution in [1.29, 1.82) is 0 Å². The second-order valence-corrected chi connectivity index (χ2v) is 7.34. The highest BCUT2D eigenvalue weighted by Gasteiger charge is 2.21. The summed E-state index contributed by atoms with van der Waals surface area (Å²) in [6.45, 7) is 6.60. The van der Waals surface area contributed by atoms with E-state index in [1.807, 2.05) is 41.9 Å². The molecule has 0 unspecified atom stereocenters. The third-order valence-corrected chi connectivity index (χ3v) is 5.30. The maximum atomic E-state index is 13.1. The van der Waals surface area contributed by atoms with Gasteiger partial charge in [-0.2, -0.15) is 5.10 Å². The van der Waals surface area contributed by atoms with Crippen molar-refractivity contribution >= 4 is 43.6 Å². The molecule has 7 heteroatoms. The molecular weight excluding hydrogens is 346 g/mol. The molecular formula is C19H19N5OS. The second kappa shape index (κ2) is 6.49. The molecule has 0 spiro atoms. The van der Waals surface area contributed by atoms with E-state index in [1.165, 1.54) is 11.3 Å². The van der Waals surface area contributed by atoms with Gasteiger partial charge in [-0.15, -0.1) is 0 Å². The molecule has 132 valence electrons. The lowest BCUT2D eigenvalue weighted by molar-refractivity contribution is 0.0988. The Kier molecular flexibility index (Phi) is 4.16. The summed E-state index contributed by atoms with van der Waals surface area (Å²) in [5.41, 5.74) is 2.24. The van der Waals surface area contributed by atoms with Gasteiger partial charge >= 0.3 is 0 Å². The molecule has 0 saturated carbocycles. The summed E-state index contributed by atoms with van der Waals surface area (Å²) in [6.07, 6.45) is 3.38. The maximum absolute atomic E-state index is 13.1. The summed E-state index contributed by atoms with van der Waals surface area (Å²) >= 11 is 1.52. The SMILES string of the molecule is CCN(C(=O)c1cnc2c(cnn2C(C)C)c1)c1nc2ccccc2s1. The van der Waals surface area contributed by atoms with E-state index in [0.717, 1.165) is 21.3 Å². The Labute approximate surface area is 155 Å². The minimum atomic E-state index is -0.0988. The van der Waals surface area contributed by atoms with Gasteiger partial charge in [-0.05, 0) is 39.0 Å². The van der Waals surface area contributed by atoms with E-state index in [1.54, 1.807) is 17.3 Å². The van der Waals surface area contributed by atoms with Crippen LogP contribution in [-0.4, -0.2) is 32.2 Å². The summed E-state index contributed by atoms with van der Waals surface area (Å²) in [4.78, 5) is 23.8. The Morgan fingerprint density at radius 2 is 2.08 bits per heavy atom. The lowest BCUT2D eigenvalue weighted by Gasteiger charge is -2.17. The molecule has 0 bridgehead atoms. The number of hydrogen-bond donors (Lipinski definition) is 0. The van der Waals surface area contributed by atoms with Crippen molar-refractivity contribution in [2.45, 2.75) is 26.8 Å². The number of nitrogens with zero attached hydrogens (tertiary/aromatic N) is 5. The van der Waals surface area contributed by atoms with Crippen LogP contribution in [0.2, 0.25) is 0 Å². The fraction of sp³-hybridized carbons (Fsp3) is 0.263. The molecule has 0 aliphatic rings. The number of carbonyl (C=O) groups is 1. The minimum absolute atomic E-state index is 0.0988. The van der Waals surface area contributed by atoms with Gasteiger partial charge in [-0.25, -0.2) is 14.6 Å². The summed E-state index contributed by atoms with van der Waals surface area (Å²) in [7, 11) is 0. The van der Waals surface area contributed by atoms with Gasteiger partial charge < -0.3 is 0 Å². The molecule has 6 nitrogen and oxygen atoms in total. The Hall–Kier alpha value is -2.80. The third kappa shape index (κ3) is 2.74. The number of rotatable bonds is 4. The molecule has 1 amide bonds. The first kappa shape index (κ1) is 16.7. The fourth-order valence-corrected chi connectivity index (χ4v) is 3.96. The summed E-state index contributed by atoms with van der Waals surface area (Å²) in [5.74, 6) is -0.0988. The van der Waals surface area contributed by atoms with Crippen molar-refractivity contribution < 1.29 is 4.79 Å². The quantitative estimate of drug-likeness (QED) is 0.541. The van der Waals surface area contributed by atoms with Gasteiger partial charge in [0, 0.05) is 24.2 Å². The molecule has 0 aliphatic heterocycles. The van der Waals surface area contributed by atoms with E-state index < -0.39 is 0 Å². The predicted molar refractivity (Wildman–Crippen MR) is 105 cm³/mol. The molecule has 26 heavy (non-hydrogen) atoms. The van der Waals surface area contributed by atoms with Crippen molar-refractivity contribution in [3.8, 4) is 0 Å². The monoisotopic (exact) mass is 365 g/mol. The van der Waals surface area contributed by atoms with Crippen LogP contribution in [0.5, 0.6) is 0 Å². The summed E-state index contributed by atoms with van der Waals surface area (Å²) in [6, 6.07) is 9.98. The van der Waals surface area contributed by atoms with Crippen LogP contribution in [-0.2, 0) is 0 Å². The van der Waals surface area contributed by atoms with Gasteiger partial charge in [0.2, 0.25) is 0 Å². The highest BCUT2D eigenvalue weighted by atomic mass is 32.1. The number of aromatic nitrogens is 4.